The van der Waals surface area contributed by atoms with Crippen molar-refractivity contribution in [2.24, 2.45) is 5.92 Å². The number of carbonyl (C=O) groups is 1. The van der Waals surface area contributed by atoms with Gasteiger partial charge in [0.15, 0.2) is 0 Å². The smallest absolute Gasteiger partial charge is 0.229 e. The number of aromatic nitrogens is 2. The van der Waals surface area contributed by atoms with Crippen molar-refractivity contribution in [1.29, 1.82) is 0 Å². The summed E-state index contributed by atoms with van der Waals surface area (Å²) in [4.78, 5) is 25.4. The van der Waals surface area contributed by atoms with Crippen LogP contribution in [-0.2, 0) is 11.2 Å². The molecule has 1 aromatic heterocycles. The molecule has 25 heavy (non-hydrogen) atoms. The molecule has 0 bridgehead atoms. The number of hydrogen-bond acceptors (Lipinski definition) is 5. The number of piperazine rings is 1. The summed E-state index contributed by atoms with van der Waals surface area (Å²) in [6, 6.07) is 7.38. The monoisotopic (exact) mass is 358 g/mol. The van der Waals surface area contributed by atoms with E-state index in [0.29, 0.717) is 31.1 Å². The van der Waals surface area contributed by atoms with E-state index in [4.69, 9.17) is 16.3 Å². The lowest BCUT2D eigenvalue weighted by atomic mass is 9.95. The molecule has 0 radical (unpaired) electrons. The summed E-state index contributed by atoms with van der Waals surface area (Å²) in [7, 11) is 0. The average Bonchev–Trinajstić information content (AvgIpc) is 2.67. The zero-order valence-corrected chi connectivity index (χ0v) is 14.5. The molecule has 2 aliphatic rings. The minimum Gasteiger partial charge on any atom is -0.492 e. The first-order chi connectivity index (χ1) is 12.2. The van der Waals surface area contributed by atoms with Gasteiger partial charge in [-0.05, 0) is 36.2 Å². The lowest BCUT2D eigenvalue weighted by Gasteiger charge is -2.37. The Morgan fingerprint density at radius 3 is 2.68 bits per heavy atom. The summed E-state index contributed by atoms with van der Waals surface area (Å²) in [6.07, 6.45) is 4.15. The van der Waals surface area contributed by atoms with Gasteiger partial charge in [0.05, 0.1) is 5.92 Å². The highest BCUT2D eigenvalue weighted by atomic mass is 35.5. The fraction of sp³-hybridized carbons (Fsp3) is 0.389. The fourth-order valence-electron chi connectivity index (χ4n) is 3.36. The first kappa shape index (κ1) is 16.1. The number of ether oxygens (including phenoxy) is 1. The Balaban J connectivity index is 1.38. The highest BCUT2D eigenvalue weighted by Crippen LogP contribution is 2.30. The van der Waals surface area contributed by atoms with Crippen molar-refractivity contribution in [3.8, 4) is 5.75 Å². The summed E-state index contributed by atoms with van der Waals surface area (Å²) >= 11 is 6.06. The van der Waals surface area contributed by atoms with Gasteiger partial charge in [-0.15, -0.1) is 0 Å². The van der Waals surface area contributed by atoms with Gasteiger partial charge in [0.1, 0.15) is 12.4 Å². The molecule has 3 heterocycles. The molecule has 130 valence electrons. The Kier molecular flexibility index (Phi) is 4.44. The molecule has 0 N–H and O–H groups in total. The molecule has 0 spiro atoms. The Labute approximate surface area is 151 Å². The second-order valence-corrected chi connectivity index (χ2v) is 6.76. The van der Waals surface area contributed by atoms with Crippen LogP contribution in [0.4, 0.5) is 5.95 Å². The number of benzene rings is 1. The minimum absolute atomic E-state index is 0.148. The quantitative estimate of drug-likeness (QED) is 0.822. The van der Waals surface area contributed by atoms with E-state index in [1.165, 1.54) is 0 Å². The fourth-order valence-corrected chi connectivity index (χ4v) is 3.56. The van der Waals surface area contributed by atoms with Gasteiger partial charge < -0.3 is 14.5 Å². The van der Waals surface area contributed by atoms with Gasteiger partial charge in [0.25, 0.3) is 0 Å². The highest BCUT2D eigenvalue weighted by Gasteiger charge is 2.31. The number of fused-ring (bicyclic) bond motifs is 1. The van der Waals surface area contributed by atoms with Gasteiger partial charge in [0.2, 0.25) is 11.9 Å². The topological polar surface area (TPSA) is 58.6 Å². The maximum atomic E-state index is 12.9. The third-order valence-corrected chi connectivity index (χ3v) is 4.94. The molecular formula is C18H19ClN4O2. The second-order valence-electron chi connectivity index (χ2n) is 6.33. The minimum atomic E-state index is -0.148. The molecule has 2 aromatic rings. The number of hydrogen-bond donors (Lipinski definition) is 0. The van der Waals surface area contributed by atoms with Crippen LogP contribution in [0, 0.1) is 5.92 Å². The number of rotatable bonds is 2. The third kappa shape index (κ3) is 3.39. The van der Waals surface area contributed by atoms with Gasteiger partial charge in [-0.3, -0.25) is 4.79 Å². The van der Waals surface area contributed by atoms with E-state index in [9.17, 15) is 4.79 Å². The molecule has 1 fully saturated rings. The number of anilines is 1. The van der Waals surface area contributed by atoms with E-state index in [0.717, 1.165) is 30.4 Å². The molecule has 0 unspecified atom stereocenters. The molecule has 2 aliphatic heterocycles. The van der Waals surface area contributed by atoms with Crippen LogP contribution < -0.4 is 9.64 Å². The van der Waals surface area contributed by atoms with E-state index in [2.05, 4.69) is 14.9 Å². The van der Waals surface area contributed by atoms with Crippen molar-refractivity contribution in [2.45, 2.75) is 6.42 Å². The van der Waals surface area contributed by atoms with Crippen LogP contribution in [0.2, 0.25) is 5.02 Å². The molecule has 6 nitrogen and oxygen atoms in total. The van der Waals surface area contributed by atoms with Gasteiger partial charge in [-0.1, -0.05) is 11.6 Å². The number of nitrogens with zero attached hydrogens (tertiary/aromatic N) is 4. The van der Waals surface area contributed by atoms with Crippen LogP contribution in [0.5, 0.6) is 5.75 Å². The van der Waals surface area contributed by atoms with E-state index >= 15 is 0 Å². The maximum Gasteiger partial charge on any atom is 0.229 e. The summed E-state index contributed by atoms with van der Waals surface area (Å²) in [5.41, 5.74) is 1.01. The van der Waals surface area contributed by atoms with Crippen LogP contribution in [0.15, 0.2) is 36.7 Å². The Morgan fingerprint density at radius 2 is 1.92 bits per heavy atom. The summed E-state index contributed by atoms with van der Waals surface area (Å²) in [5, 5.41) is 0.673. The van der Waals surface area contributed by atoms with Crippen LogP contribution in [0.25, 0.3) is 0 Å². The van der Waals surface area contributed by atoms with E-state index in [1.807, 2.05) is 23.1 Å². The Bertz CT molecular complexity index is 763. The van der Waals surface area contributed by atoms with Crippen LogP contribution in [-0.4, -0.2) is 53.6 Å². The predicted octanol–water partition coefficient (Wildman–Crippen LogP) is 2.03. The van der Waals surface area contributed by atoms with Crippen molar-refractivity contribution in [3.63, 3.8) is 0 Å². The molecule has 1 amide bonds. The Hall–Kier alpha value is -2.34. The van der Waals surface area contributed by atoms with E-state index in [-0.39, 0.29) is 11.8 Å². The molecule has 4 rings (SSSR count). The summed E-state index contributed by atoms with van der Waals surface area (Å²) in [5.74, 6) is 1.56. The zero-order valence-electron chi connectivity index (χ0n) is 13.8. The first-order valence-electron chi connectivity index (χ1n) is 8.43. The normalized spacial score (nSPS) is 20.0. The standard InChI is InChI=1S/C18H19ClN4O2/c19-15-2-3-16-13(11-15)10-14(12-25-16)17(24)22-6-8-23(9-7-22)18-20-4-1-5-21-18/h1-5,11,14H,6-10,12H2/t14-/m1/s1. The molecule has 7 heteroatoms. The lowest BCUT2D eigenvalue weighted by Crippen LogP contribution is -2.52. The van der Waals surface area contributed by atoms with Crippen molar-refractivity contribution in [2.75, 3.05) is 37.7 Å². The average molecular weight is 359 g/mol. The molecule has 0 aliphatic carbocycles. The van der Waals surface area contributed by atoms with Gasteiger partial charge in [-0.25, -0.2) is 9.97 Å². The third-order valence-electron chi connectivity index (χ3n) is 4.70. The first-order valence-corrected chi connectivity index (χ1v) is 8.80. The van der Waals surface area contributed by atoms with Crippen molar-refractivity contribution in [3.05, 3.63) is 47.2 Å². The van der Waals surface area contributed by atoms with Crippen molar-refractivity contribution < 1.29 is 9.53 Å². The summed E-state index contributed by atoms with van der Waals surface area (Å²) in [6.45, 7) is 3.26. The maximum absolute atomic E-state index is 12.9. The highest BCUT2D eigenvalue weighted by molar-refractivity contribution is 6.30. The van der Waals surface area contributed by atoms with Crippen LogP contribution in [0.1, 0.15) is 5.56 Å². The van der Waals surface area contributed by atoms with Crippen molar-refractivity contribution in [1.82, 2.24) is 14.9 Å². The number of amides is 1. The van der Waals surface area contributed by atoms with Gasteiger partial charge in [0, 0.05) is 43.6 Å². The van der Waals surface area contributed by atoms with Crippen LogP contribution >= 0.6 is 11.6 Å². The van der Waals surface area contributed by atoms with Gasteiger partial charge in [-0.2, -0.15) is 0 Å². The van der Waals surface area contributed by atoms with E-state index in [1.54, 1.807) is 18.5 Å². The Morgan fingerprint density at radius 1 is 1.16 bits per heavy atom. The molecular weight excluding hydrogens is 340 g/mol. The van der Waals surface area contributed by atoms with Gasteiger partial charge >= 0.3 is 0 Å². The second kappa shape index (κ2) is 6.88. The van der Waals surface area contributed by atoms with Crippen LogP contribution in [0.3, 0.4) is 0 Å². The molecule has 1 atom stereocenters. The molecule has 1 saturated heterocycles. The largest absolute Gasteiger partial charge is 0.492 e. The van der Waals surface area contributed by atoms with E-state index < -0.39 is 0 Å². The molecule has 1 aromatic carbocycles. The van der Waals surface area contributed by atoms with Crippen molar-refractivity contribution >= 4 is 23.5 Å². The SMILES string of the molecule is O=C([C@H]1COc2ccc(Cl)cc2C1)N1CCN(c2ncccn2)CC1. The zero-order chi connectivity index (χ0) is 17.2. The predicted molar refractivity (Wildman–Crippen MR) is 95.0 cm³/mol. The number of carbonyl (C=O) groups excluding carboxylic acids is 1. The lowest BCUT2D eigenvalue weighted by molar-refractivity contribution is -0.137. The summed E-state index contributed by atoms with van der Waals surface area (Å²) < 4.78 is 5.76. The number of halogens is 1. The molecule has 0 saturated carbocycles.